The lowest BCUT2D eigenvalue weighted by atomic mass is 9.79. The number of amides is 2. The van der Waals surface area contributed by atoms with Crippen LogP contribution in [0.4, 0.5) is 14.9 Å². The third-order valence-corrected chi connectivity index (χ3v) is 4.33. The molecule has 0 unspecified atom stereocenters. The number of nitrogens with one attached hydrogen (secondary N) is 2. The minimum Gasteiger partial charge on any atom is -0.491 e. The average Bonchev–Trinajstić information content (AvgIpc) is 2.53. The first-order valence-electron chi connectivity index (χ1n) is 8.47. The number of hydrogen-bond acceptors (Lipinski definition) is 3. The molecule has 1 aromatic rings. The van der Waals surface area contributed by atoms with Gasteiger partial charge >= 0.3 is 6.03 Å². The summed E-state index contributed by atoms with van der Waals surface area (Å²) in [4.78, 5) is 12.0. The van der Waals surface area contributed by atoms with E-state index in [0.717, 1.165) is 12.8 Å². The third-order valence-electron chi connectivity index (χ3n) is 4.33. The van der Waals surface area contributed by atoms with Crippen LogP contribution in [0.15, 0.2) is 18.2 Å². The van der Waals surface area contributed by atoms with Crippen molar-refractivity contribution in [2.75, 3.05) is 18.5 Å². The molecule has 0 aliphatic rings. The van der Waals surface area contributed by atoms with E-state index in [9.17, 15) is 14.3 Å². The highest BCUT2D eigenvalue weighted by atomic mass is 19.1. The number of benzene rings is 1. The Hall–Kier alpha value is -1.82. The second-order valence-corrected chi connectivity index (χ2v) is 6.30. The molecule has 1 aromatic carbocycles. The number of carbonyl (C=O) groups is 1. The lowest BCUT2D eigenvalue weighted by molar-refractivity contribution is 0.165. The molecular weight excluding hydrogens is 311 g/mol. The summed E-state index contributed by atoms with van der Waals surface area (Å²) in [5.41, 5.74) is -0.0380. The van der Waals surface area contributed by atoms with E-state index in [2.05, 4.69) is 10.6 Å². The van der Waals surface area contributed by atoms with Crippen LogP contribution in [0.25, 0.3) is 0 Å². The summed E-state index contributed by atoms with van der Waals surface area (Å²) in [6.07, 6.45) is 2.27. The summed E-state index contributed by atoms with van der Waals surface area (Å²) in [7, 11) is 0. The SMILES string of the molecule is CCC(CC)(CCO)CNC(=O)Nc1ccc(OC(C)C)cc1F. The molecule has 1 rings (SSSR count). The summed E-state index contributed by atoms with van der Waals surface area (Å²) < 4.78 is 19.4. The van der Waals surface area contributed by atoms with Gasteiger partial charge in [0.15, 0.2) is 0 Å². The van der Waals surface area contributed by atoms with Gasteiger partial charge in [-0.2, -0.15) is 0 Å². The molecule has 3 N–H and O–H groups in total. The predicted molar refractivity (Wildman–Crippen MR) is 93.9 cm³/mol. The lowest BCUT2D eigenvalue weighted by Gasteiger charge is -2.31. The molecule has 0 aromatic heterocycles. The molecule has 0 bridgehead atoms. The van der Waals surface area contributed by atoms with Crippen molar-refractivity contribution in [3.05, 3.63) is 24.0 Å². The first kappa shape index (κ1) is 20.2. The molecule has 2 amide bonds. The maximum Gasteiger partial charge on any atom is 0.319 e. The Balaban J connectivity index is 2.64. The van der Waals surface area contributed by atoms with Crippen LogP contribution in [-0.2, 0) is 0 Å². The molecular formula is C18H29FN2O3. The van der Waals surface area contributed by atoms with Crippen molar-refractivity contribution in [3.63, 3.8) is 0 Å². The van der Waals surface area contributed by atoms with Gasteiger partial charge in [0, 0.05) is 19.2 Å². The second kappa shape index (κ2) is 9.47. The predicted octanol–water partition coefficient (Wildman–Crippen LogP) is 3.92. The summed E-state index contributed by atoms with van der Waals surface area (Å²) in [6.45, 7) is 8.30. The van der Waals surface area contributed by atoms with Crippen LogP contribution in [-0.4, -0.2) is 30.4 Å². The molecule has 0 saturated carbocycles. The van der Waals surface area contributed by atoms with Gasteiger partial charge in [-0.15, -0.1) is 0 Å². The van der Waals surface area contributed by atoms with Gasteiger partial charge in [0.2, 0.25) is 0 Å². The number of urea groups is 1. The Kier molecular flexibility index (Phi) is 7.98. The Morgan fingerprint density at radius 2 is 2.00 bits per heavy atom. The Labute approximate surface area is 143 Å². The van der Waals surface area contributed by atoms with Crippen LogP contribution < -0.4 is 15.4 Å². The van der Waals surface area contributed by atoms with E-state index in [1.807, 2.05) is 27.7 Å². The molecule has 0 heterocycles. The zero-order valence-electron chi connectivity index (χ0n) is 15.0. The summed E-state index contributed by atoms with van der Waals surface area (Å²) >= 11 is 0. The quantitative estimate of drug-likeness (QED) is 0.638. The molecule has 0 radical (unpaired) electrons. The summed E-state index contributed by atoms with van der Waals surface area (Å²) in [6, 6.07) is 3.89. The number of carbonyl (C=O) groups excluding carboxylic acids is 1. The van der Waals surface area contributed by atoms with Gasteiger partial charge in [0.05, 0.1) is 11.8 Å². The molecule has 6 heteroatoms. The smallest absolute Gasteiger partial charge is 0.319 e. The van der Waals surface area contributed by atoms with E-state index < -0.39 is 11.8 Å². The molecule has 24 heavy (non-hydrogen) atoms. The van der Waals surface area contributed by atoms with Crippen LogP contribution in [0.1, 0.15) is 47.0 Å². The highest BCUT2D eigenvalue weighted by Gasteiger charge is 2.26. The maximum absolute atomic E-state index is 14.0. The van der Waals surface area contributed by atoms with Crippen LogP contribution >= 0.6 is 0 Å². The van der Waals surface area contributed by atoms with Gasteiger partial charge in [-0.25, -0.2) is 9.18 Å². The number of halogens is 1. The number of hydrogen-bond donors (Lipinski definition) is 3. The molecule has 0 atom stereocenters. The lowest BCUT2D eigenvalue weighted by Crippen LogP contribution is -2.39. The van der Waals surface area contributed by atoms with Gasteiger partial charge in [-0.3, -0.25) is 0 Å². The number of rotatable bonds is 9. The van der Waals surface area contributed by atoms with Crippen molar-refractivity contribution in [1.29, 1.82) is 0 Å². The molecule has 0 fully saturated rings. The number of anilines is 1. The van der Waals surface area contributed by atoms with Crippen molar-refractivity contribution in [3.8, 4) is 5.75 Å². The highest BCUT2D eigenvalue weighted by Crippen LogP contribution is 2.29. The molecule has 0 aliphatic heterocycles. The fraction of sp³-hybridized carbons (Fsp3) is 0.611. The van der Waals surface area contributed by atoms with Crippen LogP contribution in [0.2, 0.25) is 0 Å². The van der Waals surface area contributed by atoms with E-state index >= 15 is 0 Å². The molecule has 0 spiro atoms. The van der Waals surface area contributed by atoms with Crippen LogP contribution in [0, 0.1) is 11.2 Å². The zero-order chi connectivity index (χ0) is 18.2. The van der Waals surface area contributed by atoms with E-state index in [1.54, 1.807) is 6.07 Å². The van der Waals surface area contributed by atoms with E-state index in [0.29, 0.717) is 18.7 Å². The number of aliphatic hydroxyl groups excluding tert-OH is 1. The molecule has 0 aliphatic carbocycles. The van der Waals surface area contributed by atoms with Gasteiger partial charge in [0.1, 0.15) is 11.6 Å². The minimum atomic E-state index is -0.545. The van der Waals surface area contributed by atoms with Crippen molar-refractivity contribution in [1.82, 2.24) is 5.32 Å². The van der Waals surface area contributed by atoms with Gasteiger partial charge in [0.25, 0.3) is 0 Å². The topological polar surface area (TPSA) is 70.6 Å². The molecule has 136 valence electrons. The Morgan fingerprint density at radius 3 is 2.50 bits per heavy atom. The minimum absolute atomic E-state index is 0.0470. The maximum atomic E-state index is 14.0. The fourth-order valence-electron chi connectivity index (χ4n) is 2.56. The third kappa shape index (κ3) is 6.00. The zero-order valence-corrected chi connectivity index (χ0v) is 15.0. The number of aliphatic hydroxyl groups is 1. The summed E-state index contributed by atoms with van der Waals surface area (Å²) in [5, 5.41) is 14.5. The average molecular weight is 340 g/mol. The second-order valence-electron chi connectivity index (χ2n) is 6.30. The largest absolute Gasteiger partial charge is 0.491 e. The van der Waals surface area contributed by atoms with Gasteiger partial charge in [-0.1, -0.05) is 13.8 Å². The Bertz CT molecular complexity index is 531. The fourth-order valence-corrected chi connectivity index (χ4v) is 2.56. The molecule has 5 nitrogen and oxygen atoms in total. The van der Waals surface area contributed by atoms with E-state index in [-0.39, 0.29) is 23.8 Å². The monoisotopic (exact) mass is 340 g/mol. The van der Waals surface area contributed by atoms with Gasteiger partial charge < -0.3 is 20.5 Å². The highest BCUT2D eigenvalue weighted by molar-refractivity contribution is 5.89. The first-order valence-corrected chi connectivity index (χ1v) is 8.47. The molecule has 0 saturated heterocycles. The van der Waals surface area contributed by atoms with Crippen molar-refractivity contribution >= 4 is 11.7 Å². The Morgan fingerprint density at radius 1 is 1.33 bits per heavy atom. The standard InChI is InChI=1S/C18H29FN2O3/c1-5-18(6-2,9-10-22)12-20-17(23)21-16-8-7-14(11-15(16)19)24-13(3)4/h7-8,11,13,22H,5-6,9-10,12H2,1-4H3,(H2,20,21,23). The van der Waals surface area contributed by atoms with Crippen molar-refractivity contribution in [2.45, 2.75) is 53.1 Å². The van der Waals surface area contributed by atoms with Crippen LogP contribution in [0.3, 0.4) is 0 Å². The first-order chi connectivity index (χ1) is 11.4. The van der Waals surface area contributed by atoms with Crippen LogP contribution in [0.5, 0.6) is 5.75 Å². The van der Waals surface area contributed by atoms with Gasteiger partial charge in [-0.05, 0) is 50.7 Å². The van der Waals surface area contributed by atoms with Crippen molar-refractivity contribution in [2.24, 2.45) is 5.41 Å². The summed E-state index contributed by atoms with van der Waals surface area (Å²) in [5.74, 6) is -0.122. The van der Waals surface area contributed by atoms with E-state index in [4.69, 9.17) is 4.74 Å². The number of ether oxygens (including phenoxy) is 1. The normalized spacial score (nSPS) is 11.5. The van der Waals surface area contributed by atoms with Crippen molar-refractivity contribution < 1.29 is 19.0 Å². The van der Waals surface area contributed by atoms with E-state index in [1.165, 1.54) is 12.1 Å².